The summed E-state index contributed by atoms with van der Waals surface area (Å²) in [6.45, 7) is 1.37. The van der Waals surface area contributed by atoms with Gasteiger partial charge in [-0.3, -0.25) is 0 Å². The second-order valence-corrected chi connectivity index (χ2v) is 4.90. The molecule has 0 unspecified atom stereocenters. The predicted molar refractivity (Wildman–Crippen MR) is 78.7 cm³/mol. The molecule has 0 radical (unpaired) electrons. The van der Waals surface area contributed by atoms with Crippen molar-refractivity contribution in [3.63, 3.8) is 0 Å². The third kappa shape index (κ3) is 6.03. The van der Waals surface area contributed by atoms with Crippen LogP contribution in [-0.2, 0) is 16.1 Å². The summed E-state index contributed by atoms with van der Waals surface area (Å²) in [7, 11) is 0. The zero-order valence-corrected chi connectivity index (χ0v) is 12.7. The summed E-state index contributed by atoms with van der Waals surface area (Å²) in [6.07, 6.45) is -0.0828. The summed E-state index contributed by atoms with van der Waals surface area (Å²) in [4.78, 5) is 0. The van der Waals surface area contributed by atoms with Crippen molar-refractivity contribution in [2.24, 2.45) is 0 Å². The van der Waals surface area contributed by atoms with Crippen molar-refractivity contribution in [1.29, 1.82) is 0 Å². The Labute approximate surface area is 118 Å². The zero-order chi connectivity index (χ0) is 10.9. The number of halogens is 2. The van der Waals surface area contributed by atoms with Crippen LogP contribution in [0.5, 0.6) is 0 Å². The second-order valence-electron chi connectivity index (χ2n) is 2.94. The van der Waals surface area contributed by atoms with Crippen molar-refractivity contribution in [3.8, 4) is 0 Å². The van der Waals surface area contributed by atoms with Crippen LogP contribution in [0.25, 0.3) is 0 Å². The third-order valence-electron chi connectivity index (χ3n) is 1.79. The number of benzene rings is 1. The lowest BCUT2D eigenvalue weighted by molar-refractivity contribution is -0.128. The number of ether oxygens (including phenoxy) is 2. The lowest BCUT2D eigenvalue weighted by Crippen LogP contribution is -2.19. The van der Waals surface area contributed by atoms with E-state index in [1.54, 1.807) is 0 Å². The summed E-state index contributed by atoms with van der Waals surface area (Å²) >= 11 is 4.57. The topological polar surface area (TPSA) is 18.5 Å². The first-order valence-corrected chi connectivity index (χ1v) is 7.81. The lowest BCUT2D eigenvalue weighted by atomic mass is 10.2. The molecule has 1 atom stereocenters. The maximum atomic E-state index is 5.65. The van der Waals surface area contributed by atoms with E-state index in [1.165, 1.54) is 5.56 Å². The van der Waals surface area contributed by atoms with Gasteiger partial charge in [0.05, 0.1) is 17.6 Å². The largest absolute Gasteiger partial charge is 0.351 e. The molecule has 0 heterocycles. The van der Waals surface area contributed by atoms with Gasteiger partial charge in [0.1, 0.15) is 0 Å². The van der Waals surface area contributed by atoms with Crippen LogP contribution in [0.3, 0.4) is 0 Å². The Kier molecular flexibility index (Phi) is 7.94. The SMILES string of the molecule is ICCO[C@@H](CI)OCc1ccccc1. The van der Waals surface area contributed by atoms with E-state index in [2.05, 4.69) is 57.3 Å². The highest BCUT2D eigenvalue weighted by molar-refractivity contribution is 14.1. The van der Waals surface area contributed by atoms with Crippen molar-refractivity contribution in [2.45, 2.75) is 12.9 Å². The fourth-order valence-corrected chi connectivity index (χ4v) is 1.84. The average molecular weight is 432 g/mol. The number of hydrogen-bond acceptors (Lipinski definition) is 2. The Morgan fingerprint density at radius 1 is 1.07 bits per heavy atom. The van der Waals surface area contributed by atoms with Crippen molar-refractivity contribution >= 4 is 45.2 Å². The highest BCUT2D eigenvalue weighted by atomic mass is 127. The molecule has 1 rings (SSSR count). The van der Waals surface area contributed by atoms with Gasteiger partial charge in [0, 0.05) is 4.43 Å². The first kappa shape index (κ1) is 13.7. The van der Waals surface area contributed by atoms with E-state index in [0.717, 1.165) is 15.5 Å². The zero-order valence-electron chi connectivity index (χ0n) is 8.36. The van der Waals surface area contributed by atoms with E-state index in [0.29, 0.717) is 6.61 Å². The molecule has 0 aromatic heterocycles. The molecule has 0 spiro atoms. The summed E-state index contributed by atoms with van der Waals surface area (Å²) in [5, 5.41) is 0. The van der Waals surface area contributed by atoms with Crippen LogP contribution in [-0.4, -0.2) is 21.8 Å². The molecular weight excluding hydrogens is 418 g/mol. The lowest BCUT2D eigenvalue weighted by Gasteiger charge is -2.15. The Hall–Kier alpha value is 0.600. The molecule has 1 aromatic rings. The molecular formula is C11H14I2O2. The van der Waals surface area contributed by atoms with Gasteiger partial charge in [-0.25, -0.2) is 0 Å². The van der Waals surface area contributed by atoms with Crippen molar-refractivity contribution in [3.05, 3.63) is 35.9 Å². The highest BCUT2D eigenvalue weighted by Gasteiger charge is 2.06. The molecule has 0 aliphatic rings. The molecule has 0 aliphatic heterocycles. The molecule has 15 heavy (non-hydrogen) atoms. The Morgan fingerprint density at radius 2 is 1.80 bits per heavy atom. The van der Waals surface area contributed by atoms with Crippen LogP contribution < -0.4 is 0 Å². The number of hydrogen-bond donors (Lipinski definition) is 0. The van der Waals surface area contributed by atoms with Crippen LogP contribution >= 0.6 is 45.2 Å². The Morgan fingerprint density at radius 3 is 2.40 bits per heavy atom. The van der Waals surface area contributed by atoms with E-state index in [9.17, 15) is 0 Å². The van der Waals surface area contributed by atoms with E-state index < -0.39 is 0 Å². The van der Waals surface area contributed by atoms with Crippen LogP contribution in [0.2, 0.25) is 0 Å². The molecule has 0 amide bonds. The average Bonchev–Trinajstić information content (AvgIpc) is 2.31. The van der Waals surface area contributed by atoms with Gasteiger partial charge >= 0.3 is 0 Å². The fraction of sp³-hybridized carbons (Fsp3) is 0.455. The van der Waals surface area contributed by atoms with Crippen LogP contribution in [0.4, 0.5) is 0 Å². The molecule has 1 aromatic carbocycles. The molecule has 2 nitrogen and oxygen atoms in total. The summed E-state index contributed by atoms with van der Waals surface area (Å²) < 4.78 is 13.0. The van der Waals surface area contributed by atoms with Gasteiger partial charge in [0.15, 0.2) is 6.29 Å². The van der Waals surface area contributed by atoms with E-state index >= 15 is 0 Å². The normalized spacial score (nSPS) is 12.7. The van der Waals surface area contributed by atoms with Crippen molar-refractivity contribution in [1.82, 2.24) is 0 Å². The molecule has 0 saturated carbocycles. The molecule has 0 aliphatic carbocycles. The van der Waals surface area contributed by atoms with Gasteiger partial charge in [-0.1, -0.05) is 75.5 Å². The second kappa shape index (κ2) is 8.72. The molecule has 0 N–H and O–H groups in total. The van der Waals surface area contributed by atoms with Crippen LogP contribution in [0.15, 0.2) is 30.3 Å². The van der Waals surface area contributed by atoms with Gasteiger partial charge in [0.25, 0.3) is 0 Å². The third-order valence-corrected chi connectivity index (χ3v) is 2.95. The molecule has 0 saturated heterocycles. The van der Waals surface area contributed by atoms with E-state index in [-0.39, 0.29) is 6.29 Å². The van der Waals surface area contributed by atoms with Crippen molar-refractivity contribution in [2.75, 3.05) is 15.5 Å². The van der Waals surface area contributed by atoms with Gasteiger partial charge in [0.2, 0.25) is 0 Å². The maximum Gasteiger partial charge on any atom is 0.166 e. The molecule has 0 fully saturated rings. The van der Waals surface area contributed by atoms with Gasteiger partial charge in [-0.05, 0) is 5.56 Å². The smallest absolute Gasteiger partial charge is 0.166 e. The number of alkyl halides is 2. The first-order valence-electron chi connectivity index (χ1n) is 4.76. The minimum absolute atomic E-state index is 0.0828. The minimum atomic E-state index is -0.0828. The first-order chi connectivity index (χ1) is 7.36. The van der Waals surface area contributed by atoms with Gasteiger partial charge in [-0.2, -0.15) is 0 Å². The van der Waals surface area contributed by atoms with Crippen LogP contribution in [0.1, 0.15) is 5.56 Å². The summed E-state index contributed by atoms with van der Waals surface area (Å²) in [5.41, 5.74) is 1.19. The molecule has 4 heteroatoms. The van der Waals surface area contributed by atoms with Gasteiger partial charge < -0.3 is 9.47 Å². The Balaban J connectivity index is 2.28. The maximum absolute atomic E-state index is 5.65. The monoisotopic (exact) mass is 432 g/mol. The molecule has 0 bridgehead atoms. The van der Waals surface area contributed by atoms with Crippen molar-refractivity contribution < 1.29 is 9.47 Å². The van der Waals surface area contributed by atoms with E-state index in [4.69, 9.17) is 9.47 Å². The van der Waals surface area contributed by atoms with E-state index in [1.807, 2.05) is 18.2 Å². The summed E-state index contributed by atoms with van der Waals surface area (Å²) in [6, 6.07) is 10.2. The molecule has 84 valence electrons. The predicted octanol–water partition coefficient (Wildman–Crippen LogP) is 3.42. The van der Waals surface area contributed by atoms with Crippen LogP contribution in [0, 0.1) is 0 Å². The highest BCUT2D eigenvalue weighted by Crippen LogP contribution is 2.07. The van der Waals surface area contributed by atoms with Gasteiger partial charge in [-0.15, -0.1) is 0 Å². The Bertz CT molecular complexity index is 254. The quantitative estimate of drug-likeness (QED) is 0.374. The minimum Gasteiger partial charge on any atom is -0.351 e. The standard InChI is InChI=1S/C11H14I2O2/c12-6-7-14-11(8-13)15-9-10-4-2-1-3-5-10/h1-5,11H,6-9H2/t11-/m1/s1. The number of rotatable bonds is 7. The fourth-order valence-electron chi connectivity index (χ4n) is 1.08. The summed E-state index contributed by atoms with van der Waals surface area (Å²) in [5.74, 6) is 0.